The number of hydrogen-bond acceptors (Lipinski definition) is 7. The number of amides is 1. The molecule has 1 atom stereocenters. The molecule has 0 bridgehead atoms. The van der Waals surface area contributed by atoms with Gasteiger partial charge in [-0.2, -0.15) is 4.98 Å². The number of nitrogens with zero attached hydrogens (tertiary/aromatic N) is 3. The zero-order valence-electron chi connectivity index (χ0n) is 17.2. The summed E-state index contributed by atoms with van der Waals surface area (Å²) in [5.41, 5.74) is 0.316. The van der Waals surface area contributed by atoms with Crippen LogP contribution >= 0.6 is 0 Å². The van der Waals surface area contributed by atoms with E-state index in [1.165, 1.54) is 10.1 Å². The van der Waals surface area contributed by atoms with Crippen molar-refractivity contribution < 1.29 is 18.8 Å². The molecule has 0 saturated carbocycles. The molecule has 1 N–H and O–H groups in total. The van der Waals surface area contributed by atoms with Gasteiger partial charge in [0.1, 0.15) is 17.8 Å². The van der Waals surface area contributed by atoms with Crippen LogP contribution in [0, 0.1) is 6.92 Å². The Morgan fingerprint density at radius 1 is 1.27 bits per heavy atom. The molecule has 3 rings (SSSR count). The fraction of sp³-hybridized carbons (Fsp3) is 0.381. The van der Waals surface area contributed by atoms with Crippen LogP contribution in [0.15, 0.2) is 39.6 Å². The first-order chi connectivity index (χ1) is 14.4. The predicted octanol–water partition coefficient (Wildman–Crippen LogP) is 2.01. The van der Waals surface area contributed by atoms with Crippen molar-refractivity contribution in [1.29, 1.82) is 0 Å². The Bertz CT molecular complexity index is 1100. The van der Waals surface area contributed by atoms with Crippen LogP contribution in [0.4, 0.5) is 0 Å². The van der Waals surface area contributed by atoms with E-state index >= 15 is 0 Å². The molecule has 9 heteroatoms. The van der Waals surface area contributed by atoms with Gasteiger partial charge in [-0.25, -0.2) is 4.79 Å². The Labute approximate surface area is 173 Å². The Kier molecular flexibility index (Phi) is 6.61. The topological polar surface area (TPSA) is 116 Å². The number of fused-ring (bicyclic) bond motifs is 1. The third-order valence-corrected chi connectivity index (χ3v) is 4.67. The van der Waals surface area contributed by atoms with E-state index in [2.05, 4.69) is 15.5 Å². The highest BCUT2D eigenvalue weighted by Gasteiger charge is 2.24. The Balaban J connectivity index is 1.73. The molecular formula is C21H24N4O5. The van der Waals surface area contributed by atoms with Gasteiger partial charge < -0.3 is 14.6 Å². The summed E-state index contributed by atoms with van der Waals surface area (Å²) in [6.07, 6.45) is 1.60. The number of aryl methyl sites for hydroxylation is 2. The van der Waals surface area contributed by atoms with Crippen LogP contribution < -0.4 is 10.9 Å². The summed E-state index contributed by atoms with van der Waals surface area (Å²) < 4.78 is 11.1. The lowest BCUT2D eigenvalue weighted by Gasteiger charge is -2.15. The smallest absolute Gasteiger partial charge is 0.361 e. The van der Waals surface area contributed by atoms with Crippen molar-refractivity contribution in [2.24, 2.45) is 0 Å². The van der Waals surface area contributed by atoms with Crippen LogP contribution in [0.2, 0.25) is 0 Å². The Morgan fingerprint density at radius 3 is 2.70 bits per heavy atom. The first kappa shape index (κ1) is 21.2. The highest BCUT2D eigenvalue weighted by Crippen LogP contribution is 2.14. The van der Waals surface area contributed by atoms with Crippen molar-refractivity contribution in [3.63, 3.8) is 0 Å². The molecule has 0 aliphatic rings. The predicted molar refractivity (Wildman–Crippen MR) is 109 cm³/mol. The molecule has 158 valence electrons. The third-order valence-electron chi connectivity index (χ3n) is 4.67. The van der Waals surface area contributed by atoms with Crippen molar-refractivity contribution >= 4 is 23.0 Å². The van der Waals surface area contributed by atoms with E-state index < -0.39 is 11.5 Å². The second-order valence-corrected chi connectivity index (χ2v) is 6.97. The molecule has 0 aliphatic carbocycles. The van der Waals surface area contributed by atoms with Crippen LogP contribution in [0.3, 0.4) is 0 Å². The number of aromatic nitrogens is 3. The molecule has 1 aromatic carbocycles. The number of hydrogen-bond donors (Lipinski definition) is 1. The van der Waals surface area contributed by atoms with Gasteiger partial charge in [0.2, 0.25) is 11.6 Å². The van der Waals surface area contributed by atoms with Gasteiger partial charge in [0, 0.05) is 6.04 Å². The molecule has 1 amide bonds. The van der Waals surface area contributed by atoms with Gasteiger partial charge in [-0.1, -0.05) is 35.5 Å². The van der Waals surface area contributed by atoms with E-state index in [0.717, 1.165) is 12.8 Å². The van der Waals surface area contributed by atoms with Gasteiger partial charge in [-0.15, -0.1) is 0 Å². The first-order valence-electron chi connectivity index (χ1n) is 9.78. The van der Waals surface area contributed by atoms with Gasteiger partial charge in [-0.05, 0) is 39.2 Å². The number of benzene rings is 1. The van der Waals surface area contributed by atoms with Crippen molar-refractivity contribution in [1.82, 2.24) is 20.0 Å². The summed E-state index contributed by atoms with van der Waals surface area (Å²) in [7, 11) is 0. The second kappa shape index (κ2) is 9.34. The summed E-state index contributed by atoms with van der Waals surface area (Å²) in [6, 6.07) is 9.92. The molecule has 3 aromatic rings. The highest BCUT2D eigenvalue weighted by molar-refractivity contribution is 5.99. The monoisotopic (exact) mass is 412 g/mol. The minimum atomic E-state index is -0.774. The van der Waals surface area contributed by atoms with Gasteiger partial charge >= 0.3 is 5.97 Å². The van der Waals surface area contributed by atoms with Crippen molar-refractivity contribution in [3.8, 4) is 0 Å². The Hall–Kier alpha value is -3.49. The maximum Gasteiger partial charge on any atom is 0.361 e. The van der Waals surface area contributed by atoms with Gasteiger partial charge in [-0.3, -0.25) is 14.2 Å². The minimum Gasteiger partial charge on any atom is -0.461 e. The second-order valence-electron chi connectivity index (χ2n) is 6.97. The average Bonchev–Trinajstić information content (AvgIpc) is 3.14. The maximum absolute atomic E-state index is 12.9. The van der Waals surface area contributed by atoms with Crippen molar-refractivity contribution in [3.05, 3.63) is 57.8 Å². The molecule has 2 aromatic heterocycles. The Morgan fingerprint density at radius 2 is 2.00 bits per heavy atom. The molecule has 0 radical (unpaired) electrons. The minimum absolute atomic E-state index is 0.0616. The van der Waals surface area contributed by atoms with Crippen LogP contribution in [0.1, 0.15) is 42.1 Å². The molecule has 9 nitrogen and oxygen atoms in total. The number of nitrogens with one attached hydrogen (secondary N) is 1. The van der Waals surface area contributed by atoms with Crippen LogP contribution in [0.5, 0.6) is 0 Å². The maximum atomic E-state index is 12.9. The van der Waals surface area contributed by atoms with Crippen molar-refractivity contribution in [2.75, 3.05) is 6.61 Å². The fourth-order valence-electron chi connectivity index (χ4n) is 3.13. The van der Waals surface area contributed by atoms with Gasteiger partial charge in [0.25, 0.3) is 11.3 Å². The SMILES string of the molecule is CCOC(=O)c1noc2nc(C)n(CC(=O)N[C@@H](C)CCc3ccccc3)c(=O)c12. The lowest BCUT2D eigenvalue weighted by atomic mass is 10.1. The van der Waals surface area contributed by atoms with E-state index in [0.29, 0.717) is 0 Å². The van der Waals surface area contributed by atoms with Crippen LogP contribution in [0.25, 0.3) is 11.1 Å². The summed E-state index contributed by atoms with van der Waals surface area (Å²) in [4.78, 5) is 41.6. The third kappa shape index (κ3) is 4.73. The van der Waals surface area contributed by atoms with E-state index in [-0.39, 0.29) is 47.7 Å². The van der Waals surface area contributed by atoms with E-state index in [1.54, 1.807) is 13.8 Å². The number of carbonyl (C=O) groups excluding carboxylic acids is 2. The molecule has 2 heterocycles. The van der Waals surface area contributed by atoms with Crippen LogP contribution in [-0.2, 0) is 22.5 Å². The zero-order chi connectivity index (χ0) is 21.7. The standard InChI is InChI=1S/C21H24N4O5/c1-4-29-21(28)18-17-19(30-24-18)23-14(3)25(20(17)27)12-16(26)22-13(2)10-11-15-8-6-5-7-9-15/h5-9,13H,4,10-12H2,1-3H3,(H,22,26)/t13-/m0/s1. The lowest BCUT2D eigenvalue weighted by molar-refractivity contribution is -0.122. The normalized spacial score (nSPS) is 12.0. The van der Waals surface area contributed by atoms with Crippen molar-refractivity contribution in [2.45, 2.75) is 46.2 Å². The number of rotatable bonds is 8. The highest BCUT2D eigenvalue weighted by atomic mass is 16.5. The summed E-state index contributed by atoms with van der Waals surface area (Å²) >= 11 is 0. The largest absolute Gasteiger partial charge is 0.461 e. The number of carbonyl (C=O) groups is 2. The summed E-state index contributed by atoms with van der Waals surface area (Å²) in [5.74, 6) is -0.813. The average molecular weight is 412 g/mol. The van der Waals surface area contributed by atoms with Gasteiger partial charge in [0.05, 0.1) is 6.61 Å². The number of ether oxygens (including phenoxy) is 1. The summed E-state index contributed by atoms with van der Waals surface area (Å²) in [5, 5.41) is 6.41. The first-order valence-corrected chi connectivity index (χ1v) is 9.78. The lowest BCUT2D eigenvalue weighted by Crippen LogP contribution is -2.38. The van der Waals surface area contributed by atoms with E-state index in [4.69, 9.17) is 9.26 Å². The van der Waals surface area contributed by atoms with Gasteiger partial charge in [0.15, 0.2) is 0 Å². The molecule has 0 unspecified atom stereocenters. The molecule has 0 aliphatic heterocycles. The number of esters is 1. The summed E-state index contributed by atoms with van der Waals surface area (Å²) in [6.45, 7) is 5.04. The quantitative estimate of drug-likeness (QED) is 0.563. The van der Waals surface area contributed by atoms with Crippen LogP contribution in [-0.4, -0.2) is 39.2 Å². The molecule has 0 fully saturated rings. The zero-order valence-corrected chi connectivity index (χ0v) is 17.2. The fourth-order valence-corrected chi connectivity index (χ4v) is 3.13. The molecular weight excluding hydrogens is 388 g/mol. The molecule has 30 heavy (non-hydrogen) atoms. The van der Waals surface area contributed by atoms with E-state index in [9.17, 15) is 14.4 Å². The van der Waals surface area contributed by atoms with E-state index in [1.807, 2.05) is 37.3 Å². The molecule has 0 saturated heterocycles. The molecule has 0 spiro atoms.